The van der Waals surface area contributed by atoms with Gasteiger partial charge in [0.2, 0.25) is 0 Å². The van der Waals surface area contributed by atoms with Crippen LogP contribution in [0.25, 0.3) is 0 Å². The van der Waals surface area contributed by atoms with Crippen molar-refractivity contribution in [2.45, 2.75) is 45.1 Å². The van der Waals surface area contributed by atoms with Crippen LogP contribution in [-0.4, -0.2) is 11.7 Å². The van der Waals surface area contributed by atoms with Crippen LogP contribution in [0.15, 0.2) is 10.6 Å². The molecular weight excluding hydrogens is 176 g/mol. The van der Waals surface area contributed by atoms with Gasteiger partial charge in [-0.1, -0.05) is 18.5 Å². The normalized spacial score (nSPS) is 16.1. The van der Waals surface area contributed by atoms with Crippen molar-refractivity contribution in [1.82, 2.24) is 10.5 Å². The van der Waals surface area contributed by atoms with E-state index in [-0.39, 0.29) is 0 Å². The lowest BCUT2D eigenvalue weighted by Crippen LogP contribution is -2.14. The van der Waals surface area contributed by atoms with Gasteiger partial charge in [0.25, 0.3) is 0 Å². The number of nitrogens with one attached hydrogen (secondary N) is 1. The second-order valence-corrected chi connectivity index (χ2v) is 4.03. The maximum Gasteiger partial charge on any atom is 0.140 e. The Labute approximate surface area is 84.9 Å². The van der Waals surface area contributed by atoms with Crippen molar-refractivity contribution in [3.8, 4) is 0 Å². The molecule has 0 aromatic carbocycles. The van der Waals surface area contributed by atoms with Crippen molar-refractivity contribution in [2.24, 2.45) is 0 Å². The van der Waals surface area contributed by atoms with Crippen molar-refractivity contribution in [3.05, 3.63) is 17.5 Å². The predicted molar refractivity (Wildman–Crippen MR) is 55.1 cm³/mol. The van der Waals surface area contributed by atoms with E-state index in [2.05, 4.69) is 23.5 Å². The van der Waals surface area contributed by atoms with Crippen molar-refractivity contribution < 1.29 is 4.52 Å². The summed E-state index contributed by atoms with van der Waals surface area (Å²) in [6, 6.07) is 2.09. The van der Waals surface area contributed by atoms with E-state index in [1.807, 2.05) is 0 Å². The van der Waals surface area contributed by atoms with Gasteiger partial charge < -0.3 is 9.84 Å². The second-order valence-electron chi connectivity index (χ2n) is 4.03. The summed E-state index contributed by atoms with van der Waals surface area (Å²) < 4.78 is 5.26. The Balaban J connectivity index is 1.72. The fraction of sp³-hybridized carbons (Fsp3) is 0.727. The van der Waals surface area contributed by atoms with Crippen LogP contribution in [0.1, 0.15) is 50.0 Å². The van der Waals surface area contributed by atoms with Crippen LogP contribution < -0.4 is 5.32 Å². The summed E-state index contributed by atoms with van der Waals surface area (Å²) in [5.41, 5.74) is 1.04. The van der Waals surface area contributed by atoms with Crippen LogP contribution in [0.3, 0.4) is 0 Å². The maximum absolute atomic E-state index is 5.26. The highest BCUT2D eigenvalue weighted by molar-refractivity contribution is 5.14. The maximum atomic E-state index is 5.26. The molecule has 0 amide bonds. The van der Waals surface area contributed by atoms with Gasteiger partial charge >= 0.3 is 0 Å². The Morgan fingerprint density at radius 2 is 2.43 bits per heavy atom. The van der Waals surface area contributed by atoms with Gasteiger partial charge in [-0.2, -0.15) is 0 Å². The first-order valence-corrected chi connectivity index (χ1v) is 5.56. The summed E-state index contributed by atoms with van der Waals surface area (Å²) in [6.45, 7) is 4.11. The van der Waals surface area contributed by atoms with Crippen molar-refractivity contribution in [1.29, 1.82) is 0 Å². The van der Waals surface area contributed by atoms with E-state index in [0.29, 0.717) is 5.92 Å². The van der Waals surface area contributed by atoms with Gasteiger partial charge in [-0.05, 0) is 25.8 Å². The monoisotopic (exact) mass is 194 g/mol. The molecular formula is C11H18N2O. The van der Waals surface area contributed by atoms with Gasteiger partial charge in [-0.3, -0.25) is 0 Å². The number of hydrogen-bond donors (Lipinski definition) is 1. The van der Waals surface area contributed by atoms with Crippen LogP contribution in [0.2, 0.25) is 0 Å². The molecule has 3 nitrogen and oxygen atoms in total. The molecule has 1 aromatic heterocycles. The minimum absolute atomic E-state index is 0.673. The van der Waals surface area contributed by atoms with Crippen LogP contribution in [-0.2, 0) is 6.54 Å². The molecule has 0 saturated heterocycles. The number of rotatable bonds is 6. The highest BCUT2D eigenvalue weighted by Crippen LogP contribution is 2.40. The van der Waals surface area contributed by atoms with Gasteiger partial charge in [-0.15, -0.1) is 0 Å². The topological polar surface area (TPSA) is 38.1 Å². The first kappa shape index (κ1) is 9.71. The van der Waals surface area contributed by atoms with Crippen LogP contribution in [0, 0.1) is 0 Å². The Hall–Kier alpha value is -0.830. The highest BCUT2D eigenvalue weighted by Gasteiger charge is 2.27. The van der Waals surface area contributed by atoms with E-state index < -0.39 is 0 Å². The predicted octanol–water partition coefficient (Wildman–Crippen LogP) is 2.44. The average molecular weight is 194 g/mol. The molecule has 0 spiro atoms. The molecule has 78 valence electrons. The summed E-state index contributed by atoms with van der Waals surface area (Å²) in [4.78, 5) is 0. The molecule has 1 saturated carbocycles. The molecule has 14 heavy (non-hydrogen) atoms. The summed E-state index contributed by atoms with van der Waals surface area (Å²) in [7, 11) is 0. The van der Waals surface area contributed by atoms with E-state index >= 15 is 0 Å². The zero-order chi connectivity index (χ0) is 9.80. The van der Waals surface area contributed by atoms with E-state index in [1.54, 1.807) is 0 Å². The van der Waals surface area contributed by atoms with Crippen molar-refractivity contribution in [2.75, 3.05) is 6.54 Å². The first-order chi connectivity index (χ1) is 6.90. The van der Waals surface area contributed by atoms with Crippen molar-refractivity contribution >= 4 is 0 Å². The van der Waals surface area contributed by atoms with Crippen molar-refractivity contribution in [3.63, 3.8) is 0 Å². The summed E-state index contributed by atoms with van der Waals surface area (Å²) >= 11 is 0. The molecule has 0 atom stereocenters. The molecule has 2 rings (SSSR count). The Bertz CT molecular complexity index is 279. The fourth-order valence-electron chi connectivity index (χ4n) is 1.49. The van der Waals surface area contributed by atoms with E-state index in [9.17, 15) is 0 Å². The molecule has 1 aromatic rings. The number of hydrogen-bond acceptors (Lipinski definition) is 3. The second kappa shape index (κ2) is 4.60. The Morgan fingerprint density at radius 1 is 1.57 bits per heavy atom. The van der Waals surface area contributed by atoms with Gasteiger partial charge in [0.05, 0.1) is 5.69 Å². The van der Waals surface area contributed by atoms with Crippen LogP contribution >= 0.6 is 0 Å². The quantitative estimate of drug-likeness (QED) is 0.707. The van der Waals surface area contributed by atoms with Gasteiger partial charge in [-0.25, -0.2) is 0 Å². The molecule has 1 N–H and O–H groups in total. The molecule has 1 fully saturated rings. The Kier molecular flexibility index (Phi) is 3.19. The van der Waals surface area contributed by atoms with E-state index in [0.717, 1.165) is 24.5 Å². The SMILES string of the molecule is CCCCNCc1cc(C2CC2)on1. The van der Waals surface area contributed by atoms with Crippen LogP contribution in [0.5, 0.6) is 0 Å². The molecule has 0 bridgehead atoms. The summed E-state index contributed by atoms with van der Waals surface area (Å²) in [5.74, 6) is 1.75. The Morgan fingerprint density at radius 3 is 3.14 bits per heavy atom. The highest BCUT2D eigenvalue weighted by atomic mass is 16.5. The summed E-state index contributed by atoms with van der Waals surface area (Å²) in [6.07, 6.45) is 5.02. The third kappa shape index (κ3) is 2.58. The fourth-order valence-corrected chi connectivity index (χ4v) is 1.49. The molecule has 0 aliphatic heterocycles. The standard InChI is InChI=1S/C11H18N2O/c1-2-3-6-12-8-10-7-11(14-13-10)9-4-5-9/h7,9,12H,2-6,8H2,1H3. The number of aromatic nitrogens is 1. The molecule has 1 aliphatic carbocycles. The lowest BCUT2D eigenvalue weighted by molar-refractivity contribution is 0.376. The van der Waals surface area contributed by atoms with Gasteiger partial charge in [0, 0.05) is 18.5 Å². The zero-order valence-corrected chi connectivity index (χ0v) is 8.75. The lowest BCUT2D eigenvalue weighted by atomic mass is 10.3. The van der Waals surface area contributed by atoms with Crippen LogP contribution in [0.4, 0.5) is 0 Å². The number of nitrogens with zero attached hydrogens (tertiary/aromatic N) is 1. The lowest BCUT2D eigenvalue weighted by Gasteiger charge is -1.98. The summed E-state index contributed by atoms with van der Waals surface area (Å²) in [5, 5.41) is 7.39. The third-order valence-electron chi connectivity index (χ3n) is 2.57. The van der Waals surface area contributed by atoms with E-state index in [4.69, 9.17) is 4.52 Å². The number of unbranched alkanes of at least 4 members (excludes halogenated alkanes) is 1. The largest absolute Gasteiger partial charge is 0.361 e. The minimum atomic E-state index is 0.673. The zero-order valence-electron chi connectivity index (χ0n) is 8.75. The molecule has 0 unspecified atom stereocenters. The first-order valence-electron chi connectivity index (χ1n) is 5.56. The smallest absolute Gasteiger partial charge is 0.140 e. The van der Waals surface area contributed by atoms with Gasteiger partial charge in [0.1, 0.15) is 5.76 Å². The average Bonchev–Trinajstić information content (AvgIpc) is 2.94. The van der Waals surface area contributed by atoms with Gasteiger partial charge in [0.15, 0.2) is 0 Å². The molecule has 0 radical (unpaired) electrons. The molecule has 1 heterocycles. The minimum Gasteiger partial charge on any atom is -0.361 e. The third-order valence-corrected chi connectivity index (χ3v) is 2.57. The van der Waals surface area contributed by atoms with E-state index in [1.165, 1.54) is 25.7 Å². The molecule has 1 aliphatic rings. The molecule has 3 heteroatoms.